The second kappa shape index (κ2) is 9.69. The van der Waals surface area contributed by atoms with Gasteiger partial charge in [0.2, 0.25) is 0 Å². The maximum absolute atomic E-state index is 13.9. The molecule has 2 N–H and O–H groups in total. The summed E-state index contributed by atoms with van der Waals surface area (Å²) in [5.41, 5.74) is 3.29. The molecule has 4 nitrogen and oxygen atoms in total. The van der Waals surface area contributed by atoms with E-state index in [2.05, 4.69) is 48.7 Å². The SMILES string of the molecule is CCNC(=NCc1cccc(C)c1)NCC1(c2cccc(F)c2)CCOCC1. The van der Waals surface area contributed by atoms with Crippen molar-refractivity contribution in [1.29, 1.82) is 0 Å². The average molecular weight is 384 g/mol. The minimum Gasteiger partial charge on any atom is -0.381 e. The Hall–Kier alpha value is -2.40. The van der Waals surface area contributed by atoms with E-state index in [9.17, 15) is 4.39 Å². The lowest BCUT2D eigenvalue weighted by Crippen LogP contribution is -2.48. The Labute approximate surface area is 167 Å². The van der Waals surface area contributed by atoms with Gasteiger partial charge in [0.1, 0.15) is 5.82 Å². The predicted octanol–water partition coefficient (Wildman–Crippen LogP) is 3.94. The van der Waals surface area contributed by atoms with Crippen LogP contribution in [-0.4, -0.2) is 32.3 Å². The maximum atomic E-state index is 13.9. The van der Waals surface area contributed by atoms with E-state index in [0.29, 0.717) is 26.3 Å². The van der Waals surface area contributed by atoms with E-state index < -0.39 is 0 Å². The summed E-state index contributed by atoms with van der Waals surface area (Å²) in [5.74, 6) is 0.592. The first-order valence-electron chi connectivity index (χ1n) is 10.0. The highest BCUT2D eigenvalue weighted by atomic mass is 19.1. The van der Waals surface area contributed by atoms with Crippen molar-refractivity contribution >= 4 is 5.96 Å². The first-order valence-corrected chi connectivity index (χ1v) is 10.0. The molecular weight excluding hydrogens is 353 g/mol. The van der Waals surface area contributed by atoms with Crippen LogP contribution in [0.5, 0.6) is 0 Å². The molecule has 2 aromatic rings. The zero-order chi connectivity index (χ0) is 19.8. The van der Waals surface area contributed by atoms with E-state index >= 15 is 0 Å². The fourth-order valence-electron chi connectivity index (χ4n) is 3.72. The van der Waals surface area contributed by atoms with Crippen LogP contribution in [0.15, 0.2) is 53.5 Å². The number of rotatable bonds is 6. The molecule has 0 bridgehead atoms. The Kier molecular flexibility index (Phi) is 7.04. The van der Waals surface area contributed by atoms with Crippen LogP contribution < -0.4 is 10.6 Å². The van der Waals surface area contributed by atoms with Gasteiger partial charge in [-0.3, -0.25) is 0 Å². The van der Waals surface area contributed by atoms with Crippen molar-refractivity contribution in [1.82, 2.24) is 10.6 Å². The normalized spacial score (nSPS) is 16.6. The van der Waals surface area contributed by atoms with Crippen molar-refractivity contribution in [2.45, 2.75) is 38.6 Å². The maximum Gasteiger partial charge on any atom is 0.191 e. The molecule has 1 aliphatic heterocycles. The zero-order valence-electron chi connectivity index (χ0n) is 16.8. The molecule has 1 heterocycles. The Morgan fingerprint density at radius 3 is 2.61 bits per heavy atom. The van der Waals surface area contributed by atoms with Crippen LogP contribution in [-0.2, 0) is 16.7 Å². The van der Waals surface area contributed by atoms with E-state index in [4.69, 9.17) is 9.73 Å². The number of ether oxygens (including phenoxy) is 1. The molecule has 0 amide bonds. The van der Waals surface area contributed by atoms with Gasteiger partial charge in [-0.25, -0.2) is 9.38 Å². The first kappa shape index (κ1) is 20.3. The van der Waals surface area contributed by atoms with Crippen LogP contribution in [0.25, 0.3) is 0 Å². The molecular formula is C23H30FN3O. The topological polar surface area (TPSA) is 45.7 Å². The summed E-state index contributed by atoms with van der Waals surface area (Å²) in [6.07, 6.45) is 1.72. The molecule has 2 aromatic carbocycles. The summed E-state index contributed by atoms with van der Waals surface area (Å²) in [6.45, 7) is 7.62. The number of hydrogen-bond acceptors (Lipinski definition) is 2. The molecule has 0 unspecified atom stereocenters. The molecule has 0 spiro atoms. The lowest BCUT2D eigenvalue weighted by molar-refractivity contribution is 0.0513. The number of nitrogens with zero attached hydrogens (tertiary/aromatic N) is 1. The van der Waals surface area contributed by atoms with E-state index in [-0.39, 0.29) is 11.2 Å². The molecule has 0 aromatic heterocycles. The second-order valence-electron chi connectivity index (χ2n) is 7.44. The number of aryl methyl sites for hydroxylation is 1. The fraction of sp³-hybridized carbons (Fsp3) is 0.435. The Balaban J connectivity index is 1.74. The van der Waals surface area contributed by atoms with E-state index in [0.717, 1.165) is 30.9 Å². The van der Waals surface area contributed by atoms with Gasteiger partial charge in [0, 0.05) is 31.7 Å². The minimum absolute atomic E-state index is 0.153. The smallest absolute Gasteiger partial charge is 0.191 e. The molecule has 150 valence electrons. The molecule has 0 saturated carbocycles. The molecule has 5 heteroatoms. The molecule has 0 atom stereocenters. The third-order valence-electron chi connectivity index (χ3n) is 5.33. The minimum atomic E-state index is -0.191. The molecule has 1 aliphatic rings. The van der Waals surface area contributed by atoms with Crippen LogP contribution in [0.3, 0.4) is 0 Å². The number of nitrogens with one attached hydrogen (secondary N) is 2. The quantitative estimate of drug-likeness (QED) is 0.587. The summed E-state index contributed by atoms with van der Waals surface area (Å²) >= 11 is 0. The fourth-order valence-corrected chi connectivity index (χ4v) is 3.72. The van der Waals surface area contributed by atoms with Crippen molar-refractivity contribution in [2.75, 3.05) is 26.3 Å². The van der Waals surface area contributed by atoms with Crippen molar-refractivity contribution in [3.8, 4) is 0 Å². The molecule has 1 fully saturated rings. The Morgan fingerprint density at radius 2 is 1.89 bits per heavy atom. The molecule has 28 heavy (non-hydrogen) atoms. The highest BCUT2D eigenvalue weighted by molar-refractivity contribution is 5.79. The monoisotopic (exact) mass is 383 g/mol. The first-order chi connectivity index (χ1) is 13.6. The molecule has 1 saturated heterocycles. The summed E-state index contributed by atoms with van der Waals surface area (Å²) in [5, 5.41) is 6.82. The lowest BCUT2D eigenvalue weighted by atomic mass is 9.74. The summed E-state index contributed by atoms with van der Waals surface area (Å²) < 4.78 is 19.4. The number of halogens is 1. The van der Waals surface area contributed by atoms with Crippen LogP contribution in [0, 0.1) is 12.7 Å². The molecule has 0 radical (unpaired) electrons. The van der Waals surface area contributed by atoms with Gasteiger partial charge < -0.3 is 15.4 Å². The summed E-state index contributed by atoms with van der Waals surface area (Å²) in [4.78, 5) is 4.74. The van der Waals surface area contributed by atoms with Gasteiger partial charge in [-0.15, -0.1) is 0 Å². The third kappa shape index (κ3) is 5.32. The van der Waals surface area contributed by atoms with E-state index in [1.165, 1.54) is 17.2 Å². The van der Waals surface area contributed by atoms with Gasteiger partial charge >= 0.3 is 0 Å². The van der Waals surface area contributed by atoms with Crippen LogP contribution >= 0.6 is 0 Å². The van der Waals surface area contributed by atoms with Gasteiger partial charge in [0.25, 0.3) is 0 Å². The lowest BCUT2D eigenvalue weighted by Gasteiger charge is -2.38. The summed E-state index contributed by atoms with van der Waals surface area (Å²) in [6, 6.07) is 15.4. The van der Waals surface area contributed by atoms with Crippen LogP contribution in [0.4, 0.5) is 4.39 Å². The number of benzene rings is 2. The Morgan fingerprint density at radius 1 is 1.11 bits per heavy atom. The number of hydrogen-bond donors (Lipinski definition) is 2. The third-order valence-corrected chi connectivity index (χ3v) is 5.33. The highest BCUT2D eigenvalue weighted by Gasteiger charge is 2.34. The highest BCUT2D eigenvalue weighted by Crippen LogP contribution is 2.34. The van der Waals surface area contributed by atoms with Crippen LogP contribution in [0.1, 0.15) is 36.5 Å². The van der Waals surface area contributed by atoms with Gasteiger partial charge in [0.15, 0.2) is 5.96 Å². The van der Waals surface area contributed by atoms with E-state index in [1.54, 1.807) is 12.1 Å². The van der Waals surface area contributed by atoms with Gasteiger partial charge in [0.05, 0.1) is 6.54 Å². The Bertz CT molecular complexity index is 800. The summed E-state index contributed by atoms with van der Waals surface area (Å²) in [7, 11) is 0. The van der Waals surface area contributed by atoms with Crippen LogP contribution in [0.2, 0.25) is 0 Å². The van der Waals surface area contributed by atoms with Gasteiger partial charge in [-0.2, -0.15) is 0 Å². The predicted molar refractivity (Wildman–Crippen MR) is 112 cm³/mol. The van der Waals surface area contributed by atoms with Crippen molar-refractivity contribution in [2.24, 2.45) is 4.99 Å². The molecule has 3 rings (SSSR count). The van der Waals surface area contributed by atoms with Gasteiger partial charge in [-0.1, -0.05) is 42.0 Å². The average Bonchev–Trinajstić information content (AvgIpc) is 2.71. The van der Waals surface area contributed by atoms with Crippen molar-refractivity contribution in [3.63, 3.8) is 0 Å². The van der Waals surface area contributed by atoms with Crippen molar-refractivity contribution < 1.29 is 9.13 Å². The standard InChI is InChI=1S/C23H30FN3O/c1-3-25-22(26-16-19-7-4-6-18(2)14-19)27-17-23(10-12-28-13-11-23)20-8-5-9-21(24)15-20/h4-9,14-15H,3,10-13,16-17H2,1-2H3,(H2,25,26,27). The molecule has 0 aliphatic carbocycles. The van der Waals surface area contributed by atoms with Crippen molar-refractivity contribution in [3.05, 3.63) is 71.0 Å². The second-order valence-corrected chi connectivity index (χ2v) is 7.44. The van der Waals surface area contributed by atoms with Gasteiger partial charge in [-0.05, 0) is 49.9 Å². The number of guanidine groups is 1. The van der Waals surface area contributed by atoms with E-state index in [1.807, 2.05) is 6.07 Å². The number of aliphatic imine (C=N–C) groups is 1. The largest absolute Gasteiger partial charge is 0.381 e. The zero-order valence-corrected chi connectivity index (χ0v) is 16.8.